The third-order valence-corrected chi connectivity index (χ3v) is 5.17. The molecule has 0 saturated carbocycles. The largest absolute Gasteiger partial charge is 0.338 e. The molecular formula is C21H20ClN3O2. The molecule has 0 radical (unpaired) electrons. The zero-order valence-corrected chi connectivity index (χ0v) is 15.8. The predicted octanol–water partition coefficient (Wildman–Crippen LogP) is 4.47. The van der Waals surface area contributed by atoms with E-state index in [2.05, 4.69) is 29.2 Å². The van der Waals surface area contributed by atoms with Gasteiger partial charge < -0.3 is 9.42 Å². The first-order chi connectivity index (χ1) is 13.1. The molecule has 1 amide bonds. The molecule has 6 heteroatoms. The second-order valence-electron chi connectivity index (χ2n) is 6.81. The predicted molar refractivity (Wildman–Crippen MR) is 103 cm³/mol. The Morgan fingerprint density at radius 1 is 1.11 bits per heavy atom. The molecule has 2 aromatic carbocycles. The monoisotopic (exact) mass is 381 g/mol. The summed E-state index contributed by atoms with van der Waals surface area (Å²) in [6.45, 7) is 3.28. The molecule has 1 aliphatic heterocycles. The minimum Gasteiger partial charge on any atom is -0.338 e. The molecule has 1 saturated heterocycles. The van der Waals surface area contributed by atoms with Crippen molar-refractivity contribution in [2.75, 3.05) is 6.54 Å². The Kier molecular flexibility index (Phi) is 4.94. The van der Waals surface area contributed by atoms with E-state index in [4.69, 9.17) is 16.1 Å². The van der Waals surface area contributed by atoms with Gasteiger partial charge in [-0.3, -0.25) is 4.79 Å². The number of halogens is 1. The molecule has 0 N–H and O–H groups in total. The van der Waals surface area contributed by atoms with Gasteiger partial charge >= 0.3 is 0 Å². The average molecular weight is 382 g/mol. The van der Waals surface area contributed by atoms with Crippen LogP contribution in [0, 0.1) is 0 Å². The van der Waals surface area contributed by atoms with Crippen molar-refractivity contribution < 1.29 is 9.32 Å². The SMILES string of the molecule is CCc1ccc(-c2nc(C3CC(=O)N(Cc4ccc(Cl)cc4)C3)no2)cc1. The van der Waals surface area contributed by atoms with Crippen molar-refractivity contribution in [3.8, 4) is 11.5 Å². The molecule has 1 aromatic heterocycles. The van der Waals surface area contributed by atoms with Gasteiger partial charge in [-0.2, -0.15) is 4.98 Å². The number of carbonyl (C=O) groups is 1. The van der Waals surface area contributed by atoms with Crippen molar-refractivity contribution in [1.29, 1.82) is 0 Å². The highest BCUT2D eigenvalue weighted by molar-refractivity contribution is 6.30. The maximum absolute atomic E-state index is 12.4. The lowest BCUT2D eigenvalue weighted by Gasteiger charge is -2.16. The molecule has 4 rings (SSSR count). The van der Waals surface area contributed by atoms with Gasteiger partial charge in [0.05, 0.1) is 0 Å². The van der Waals surface area contributed by atoms with E-state index in [0.29, 0.717) is 36.2 Å². The van der Waals surface area contributed by atoms with Crippen LogP contribution < -0.4 is 0 Å². The molecule has 1 fully saturated rings. The van der Waals surface area contributed by atoms with Crippen LogP contribution in [0.15, 0.2) is 53.1 Å². The lowest BCUT2D eigenvalue weighted by atomic mass is 10.1. The quantitative estimate of drug-likeness (QED) is 0.654. The Labute approximate surface area is 163 Å². The molecule has 3 aromatic rings. The van der Waals surface area contributed by atoms with Gasteiger partial charge in [0.1, 0.15) is 0 Å². The number of rotatable bonds is 5. The van der Waals surface area contributed by atoms with Crippen LogP contribution in [0.1, 0.15) is 36.2 Å². The van der Waals surface area contributed by atoms with Crippen LogP contribution >= 0.6 is 11.6 Å². The average Bonchev–Trinajstić information content (AvgIpc) is 3.31. The smallest absolute Gasteiger partial charge is 0.257 e. The van der Waals surface area contributed by atoms with Gasteiger partial charge in [0.2, 0.25) is 5.91 Å². The number of aryl methyl sites for hydroxylation is 1. The van der Waals surface area contributed by atoms with E-state index >= 15 is 0 Å². The van der Waals surface area contributed by atoms with Gasteiger partial charge in [-0.05, 0) is 41.8 Å². The molecule has 1 unspecified atom stereocenters. The summed E-state index contributed by atoms with van der Waals surface area (Å²) in [4.78, 5) is 18.8. The third-order valence-electron chi connectivity index (χ3n) is 4.92. The van der Waals surface area contributed by atoms with Gasteiger partial charge in [-0.25, -0.2) is 0 Å². The number of hydrogen-bond donors (Lipinski definition) is 0. The number of hydrogen-bond acceptors (Lipinski definition) is 4. The maximum Gasteiger partial charge on any atom is 0.257 e. The fourth-order valence-electron chi connectivity index (χ4n) is 3.31. The topological polar surface area (TPSA) is 59.2 Å². The van der Waals surface area contributed by atoms with Crippen molar-refractivity contribution >= 4 is 17.5 Å². The van der Waals surface area contributed by atoms with E-state index in [1.54, 1.807) is 0 Å². The second-order valence-corrected chi connectivity index (χ2v) is 7.25. The van der Waals surface area contributed by atoms with E-state index in [-0.39, 0.29) is 11.8 Å². The Hall–Kier alpha value is -2.66. The fourth-order valence-corrected chi connectivity index (χ4v) is 3.44. The number of benzene rings is 2. The summed E-state index contributed by atoms with van der Waals surface area (Å²) >= 11 is 5.92. The number of likely N-dealkylation sites (tertiary alicyclic amines) is 1. The molecular weight excluding hydrogens is 362 g/mol. The summed E-state index contributed by atoms with van der Waals surface area (Å²) in [6.07, 6.45) is 1.39. The van der Waals surface area contributed by atoms with Gasteiger partial charge in [0, 0.05) is 36.0 Å². The van der Waals surface area contributed by atoms with Crippen LogP contribution in [-0.4, -0.2) is 27.5 Å². The highest BCUT2D eigenvalue weighted by Gasteiger charge is 2.33. The van der Waals surface area contributed by atoms with Crippen LogP contribution in [0.2, 0.25) is 5.02 Å². The summed E-state index contributed by atoms with van der Waals surface area (Å²) in [7, 11) is 0. The van der Waals surface area contributed by atoms with Crippen LogP contribution in [0.25, 0.3) is 11.5 Å². The van der Waals surface area contributed by atoms with E-state index in [0.717, 1.165) is 17.5 Å². The van der Waals surface area contributed by atoms with Crippen LogP contribution in [0.5, 0.6) is 0 Å². The molecule has 0 spiro atoms. The van der Waals surface area contributed by atoms with Crippen LogP contribution in [0.3, 0.4) is 0 Å². The van der Waals surface area contributed by atoms with Crippen molar-refractivity contribution in [2.24, 2.45) is 0 Å². The van der Waals surface area contributed by atoms with E-state index in [1.807, 2.05) is 41.3 Å². The van der Waals surface area contributed by atoms with Crippen molar-refractivity contribution in [3.63, 3.8) is 0 Å². The lowest BCUT2D eigenvalue weighted by Crippen LogP contribution is -2.24. The van der Waals surface area contributed by atoms with E-state index in [1.165, 1.54) is 5.56 Å². The van der Waals surface area contributed by atoms with Gasteiger partial charge in [-0.1, -0.05) is 47.9 Å². The number of amides is 1. The standard InChI is InChI=1S/C21H20ClN3O2/c1-2-14-3-7-16(8-4-14)21-23-20(24-27-21)17-11-19(26)25(13-17)12-15-5-9-18(22)10-6-15/h3-10,17H,2,11-13H2,1H3. The molecule has 0 aliphatic carbocycles. The Morgan fingerprint density at radius 2 is 1.81 bits per heavy atom. The maximum atomic E-state index is 12.4. The van der Waals surface area contributed by atoms with Gasteiger partial charge in [0.15, 0.2) is 5.82 Å². The molecule has 5 nitrogen and oxygen atoms in total. The minimum atomic E-state index is -0.0442. The highest BCUT2D eigenvalue weighted by Crippen LogP contribution is 2.29. The lowest BCUT2D eigenvalue weighted by molar-refractivity contribution is -0.128. The summed E-state index contributed by atoms with van der Waals surface area (Å²) in [6, 6.07) is 15.7. The Balaban J connectivity index is 1.45. The van der Waals surface area contributed by atoms with Crippen molar-refractivity contribution in [3.05, 3.63) is 70.5 Å². The van der Waals surface area contributed by atoms with Crippen molar-refractivity contribution in [2.45, 2.75) is 32.2 Å². The zero-order valence-electron chi connectivity index (χ0n) is 15.1. The third kappa shape index (κ3) is 3.88. The van der Waals surface area contributed by atoms with Crippen LogP contribution in [-0.2, 0) is 17.8 Å². The number of carbonyl (C=O) groups excluding carboxylic acids is 1. The number of aromatic nitrogens is 2. The molecule has 0 bridgehead atoms. The minimum absolute atomic E-state index is 0.0442. The first kappa shape index (κ1) is 17.7. The number of nitrogens with zero attached hydrogens (tertiary/aromatic N) is 3. The summed E-state index contributed by atoms with van der Waals surface area (Å²) in [5.41, 5.74) is 3.21. The second kappa shape index (κ2) is 7.53. The van der Waals surface area contributed by atoms with Crippen LogP contribution in [0.4, 0.5) is 0 Å². The first-order valence-corrected chi connectivity index (χ1v) is 9.45. The fraction of sp³-hybridized carbons (Fsp3) is 0.286. The molecule has 138 valence electrons. The Morgan fingerprint density at radius 3 is 2.52 bits per heavy atom. The van der Waals surface area contributed by atoms with Gasteiger partial charge in [-0.15, -0.1) is 0 Å². The van der Waals surface area contributed by atoms with E-state index < -0.39 is 0 Å². The zero-order chi connectivity index (χ0) is 18.8. The van der Waals surface area contributed by atoms with Gasteiger partial charge in [0.25, 0.3) is 5.89 Å². The first-order valence-electron chi connectivity index (χ1n) is 9.07. The molecule has 1 atom stereocenters. The highest BCUT2D eigenvalue weighted by atomic mass is 35.5. The van der Waals surface area contributed by atoms with E-state index in [9.17, 15) is 4.79 Å². The van der Waals surface area contributed by atoms with Crippen molar-refractivity contribution in [1.82, 2.24) is 15.0 Å². The summed E-state index contributed by atoms with van der Waals surface area (Å²) < 4.78 is 5.43. The molecule has 1 aliphatic rings. The normalized spacial score (nSPS) is 16.9. The summed E-state index contributed by atoms with van der Waals surface area (Å²) in [5.74, 6) is 1.15. The summed E-state index contributed by atoms with van der Waals surface area (Å²) in [5, 5.41) is 4.81. The Bertz CT molecular complexity index is 935. The molecule has 27 heavy (non-hydrogen) atoms. The molecule has 2 heterocycles.